The third kappa shape index (κ3) is 3.77. The molecule has 1 N–H and O–H groups in total. The third-order valence-electron chi connectivity index (χ3n) is 2.68. The van der Waals surface area contributed by atoms with Gasteiger partial charge in [0, 0.05) is 10.6 Å². The molecule has 1 atom stereocenters. The van der Waals surface area contributed by atoms with Crippen LogP contribution in [0.3, 0.4) is 0 Å². The Morgan fingerprint density at radius 2 is 2.20 bits per heavy atom. The summed E-state index contributed by atoms with van der Waals surface area (Å²) >= 11 is 5.90. The largest absolute Gasteiger partial charge is 0.463 e. The number of β-amino-alcohol motifs (C(OH)–C–C–N with tert-alkyl or cyclic N) is 1. The highest BCUT2D eigenvalue weighted by Gasteiger charge is 2.28. The minimum Gasteiger partial charge on any atom is -0.463 e. The molecule has 0 saturated heterocycles. The topological polar surface area (TPSA) is 59.0 Å². The fraction of sp³-hybridized carbons (Fsp3) is 0.500. The normalized spacial score (nSPS) is 18.9. The van der Waals surface area contributed by atoms with Crippen molar-refractivity contribution in [3.63, 3.8) is 0 Å². The molecule has 1 amide bonds. The molecule has 110 valence electrons. The fourth-order valence-corrected chi connectivity index (χ4v) is 2.04. The maximum absolute atomic E-state index is 12.1. The van der Waals surface area contributed by atoms with Crippen molar-refractivity contribution in [2.75, 3.05) is 6.54 Å². The van der Waals surface area contributed by atoms with E-state index in [0.717, 1.165) is 5.56 Å². The van der Waals surface area contributed by atoms with Crippen LogP contribution in [-0.4, -0.2) is 34.5 Å². The van der Waals surface area contributed by atoms with Gasteiger partial charge in [0.25, 0.3) is 0 Å². The standard InChI is InChI=1S/C14H18ClNO4/c1-14(2,3)20-13(18)16-7-9-4-5-10(15)6-11(9)19-12(17)8-16/h4-6,12,17H,7-8H2,1-3H3. The highest BCUT2D eigenvalue weighted by Crippen LogP contribution is 2.28. The summed E-state index contributed by atoms with van der Waals surface area (Å²) in [7, 11) is 0. The number of hydrogen-bond donors (Lipinski definition) is 1. The quantitative estimate of drug-likeness (QED) is 0.800. The molecule has 0 spiro atoms. The van der Waals surface area contributed by atoms with Crippen molar-refractivity contribution < 1.29 is 19.4 Å². The zero-order chi connectivity index (χ0) is 14.9. The Balaban J connectivity index is 2.21. The van der Waals surface area contributed by atoms with E-state index in [-0.39, 0.29) is 6.54 Å². The Kier molecular flexibility index (Phi) is 4.11. The SMILES string of the molecule is CC(C)(C)OC(=O)N1Cc2ccc(Cl)cc2OC(O)C1. The number of carbonyl (C=O) groups excluding carboxylic acids is 1. The maximum atomic E-state index is 12.1. The lowest BCUT2D eigenvalue weighted by molar-refractivity contribution is -0.0419. The molecular formula is C14H18ClNO4. The molecule has 0 fully saturated rings. The van der Waals surface area contributed by atoms with Crippen LogP contribution >= 0.6 is 11.6 Å². The average molecular weight is 300 g/mol. The molecule has 2 rings (SSSR count). The van der Waals surface area contributed by atoms with Gasteiger partial charge in [0.05, 0.1) is 13.1 Å². The highest BCUT2D eigenvalue weighted by molar-refractivity contribution is 6.30. The van der Waals surface area contributed by atoms with E-state index < -0.39 is 18.0 Å². The molecule has 1 aliphatic heterocycles. The minimum atomic E-state index is -1.11. The van der Waals surface area contributed by atoms with Gasteiger partial charge in [-0.1, -0.05) is 17.7 Å². The first-order chi connectivity index (χ1) is 9.24. The van der Waals surface area contributed by atoms with Gasteiger partial charge in [-0.25, -0.2) is 4.79 Å². The van der Waals surface area contributed by atoms with Gasteiger partial charge in [0.1, 0.15) is 11.4 Å². The fourth-order valence-electron chi connectivity index (χ4n) is 1.88. The lowest BCUT2D eigenvalue weighted by Crippen LogP contribution is -2.40. The number of benzene rings is 1. The lowest BCUT2D eigenvalue weighted by atomic mass is 10.2. The number of nitrogens with zero attached hydrogens (tertiary/aromatic N) is 1. The molecule has 1 aliphatic rings. The Hall–Kier alpha value is -1.46. The van der Waals surface area contributed by atoms with Crippen LogP contribution in [0.4, 0.5) is 4.79 Å². The number of fused-ring (bicyclic) bond motifs is 1. The molecule has 6 heteroatoms. The number of carbonyl (C=O) groups is 1. The first kappa shape index (κ1) is 14.9. The molecule has 0 aliphatic carbocycles. The van der Waals surface area contributed by atoms with Gasteiger partial charge in [-0.15, -0.1) is 0 Å². The number of amides is 1. The predicted molar refractivity (Wildman–Crippen MR) is 74.7 cm³/mol. The number of aliphatic hydroxyl groups is 1. The molecule has 1 aromatic rings. The summed E-state index contributed by atoms with van der Waals surface area (Å²) in [6.07, 6.45) is -1.59. The summed E-state index contributed by atoms with van der Waals surface area (Å²) in [6.45, 7) is 5.73. The second-order valence-corrected chi connectivity index (χ2v) is 6.12. The van der Waals surface area contributed by atoms with Gasteiger partial charge in [-0.2, -0.15) is 0 Å². The van der Waals surface area contributed by atoms with Crippen molar-refractivity contribution in [1.29, 1.82) is 0 Å². The Labute approximate surface area is 123 Å². The number of rotatable bonds is 0. The van der Waals surface area contributed by atoms with E-state index in [1.807, 2.05) is 0 Å². The molecule has 1 unspecified atom stereocenters. The first-order valence-corrected chi connectivity index (χ1v) is 6.73. The smallest absolute Gasteiger partial charge is 0.410 e. The van der Waals surface area contributed by atoms with Crippen LogP contribution in [0.2, 0.25) is 5.02 Å². The molecule has 1 aromatic carbocycles. The zero-order valence-electron chi connectivity index (χ0n) is 11.7. The molecule has 1 heterocycles. The van der Waals surface area contributed by atoms with Crippen LogP contribution in [0, 0.1) is 0 Å². The lowest BCUT2D eigenvalue weighted by Gasteiger charge is -2.26. The van der Waals surface area contributed by atoms with Crippen molar-refractivity contribution in [1.82, 2.24) is 4.90 Å². The molecule has 0 saturated carbocycles. The number of aliphatic hydroxyl groups excluding tert-OH is 1. The van der Waals surface area contributed by atoms with Gasteiger partial charge >= 0.3 is 6.09 Å². The highest BCUT2D eigenvalue weighted by atomic mass is 35.5. The maximum Gasteiger partial charge on any atom is 0.410 e. The van der Waals surface area contributed by atoms with E-state index in [9.17, 15) is 9.90 Å². The minimum absolute atomic E-state index is 0.0429. The van der Waals surface area contributed by atoms with Crippen molar-refractivity contribution in [3.8, 4) is 5.75 Å². The van der Waals surface area contributed by atoms with Crippen molar-refractivity contribution >= 4 is 17.7 Å². The van der Waals surface area contributed by atoms with E-state index in [1.54, 1.807) is 39.0 Å². The second-order valence-electron chi connectivity index (χ2n) is 5.69. The average Bonchev–Trinajstić information content (AvgIpc) is 2.44. The van der Waals surface area contributed by atoms with Gasteiger partial charge < -0.3 is 14.6 Å². The predicted octanol–water partition coefficient (Wildman–Crippen LogP) is 2.79. The number of hydrogen-bond acceptors (Lipinski definition) is 4. The molecule has 0 bridgehead atoms. The summed E-state index contributed by atoms with van der Waals surface area (Å²) in [5, 5.41) is 10.3. The van der Waals surface area contributed by atoms with Crippen LogP contribution in [0.1, 0.15) is 26.3 Å². The van der Waals surface area contributed by atoms with Crippen LogP contribution in [0.25, 0.3) is 0 Å². The summed E-state index contributed by atoms with van der Waals surface area (Å²) < 4.78 is 10.7. The molecular weight excluding hydrogens is 282 g/mol. The molecule has 20 heavy (non-hydrogen) atoms. The van der Waals surface area contributed by atoms with E-state index in [0.29, 0.717) is 17.3 Å². The van der Waals surface area contributed by atoms with Crippen molar-refractivity contribution in [2.24, 2.45) is 0 Å². The third-order valence-corrected chi connectivity index (χ3v) is 2.92. The Bertz CT molecular complexity index is 512. The summed E-state index contributed by atoms with van der Waals surface area (Å²) in [5.41, 5.74) is 0.190. The van der Waals surface area contributed by atoms with E-state index in [1.165, 1.54) is 4.90 Å². The molecule has 5 nitrogen and oxygen atoms in total. The zero-order valence-corrected chi connectivity index (χ0v) is 12.5. The van der Waals surface area contributed by atoms with Crippen molar-refractivity contribution in [2.45, 2.75) is 39.2 Å². The number of ether oxygens (including phenoxy) is 2. The van der Waals surface area contributed by atoms with E-state index in [4.69, 9.17) is 21.1 Å². The summed E-state index contributed by atoms with van der Waals surface area (Å²) in [6, 6.07) is 5.11. The van der Waals surface area contributed by atoms with E-state index in [2.05, 4.69) is 0 Å². The van der Waals surface area contributed by atoms with Gasteiger partial charge in [-0.3, -0.25) is 4.90 Å². The Morgan fingerprint density at radius 3 is 2.85 bits per heavy atom. The van der Waals surface area contributed by atoms with Gasteiger partial charge in [0.15, 0.2) is 0 Å². The Morgan fingerprint density at radius 1 is 1.50 bits per heavy atom. The summed E-state index contributed by atoms with van der Waals surface area (Å²) in [4.78, 5) is 13.5. The molecule has 0 aromatic heterocycles. The van der Waals surface area contributed by atoms with E-state index >= 15 is 0 Å². The van der Waals surface area contributed by atoms with Crippen LogP contribution in [-0.2, 0) is 11.3 Å². The van der Waals surface area contributed by atoms with Crippen molar-refractivity contribution in [3.05, 3.63) is 28.8 Å². The number of halogens is 1. The van der Waals surface area contributed by atoms with Crippen LogP contribution in [0.5, 0.6) is 5.75 Å². The first-order valence-electron chi connectivity index (χ1n) is 6.36. The summed E-state index contributed by atoms with van der Waals surface area (Å²) in [5.74, 6) is 0.482. The second kappa shape index (κ2) is 5.50. The molecule has 0 radical (unpaired) electrons. The van der Waals surface area contributed by atoms with Crippen LogP contribution < -0.4 is 4.74 Å². The van der Waals surface area contributed by atoms with Gasteiger partial charge in [0.2, 0.25) is 6.29 Å². The monoisotopic (exact) mass is 299 g/mol. The van der Waals surface area contributed by atoms with Crippen LogP contribution in [0.15, 0.2) is 18.2 Å². The van der Waals surface area contributed by atoms with Gasteiger partial charge in [-0.05, 0) is 32.9 Å².